The quantitative estimate of drug-likeness (QED) is 0.720. The van der Waals surface area contributed by atoms with Crippen molar-refractivity contribution >= 4 is 5.82 Å². The van der Waals surface area contributed by atoms with Gasteiger partial charge in [-0.3, -0.25) is 4.98 Å². The minimum Gasteiger partial charge on any atom is -0.396 e. The summed E-state index contributed by atoms with van der Waals surface area (Å²) in [6.45, 7) is 1.86. The fourth-order valence-corrected chi connectivity index (χ4v) is 1.81. The molecular weight excluding hydrogens is 194 g/mol. The third kappa shape index (κ3) is 2.24. The highest BCUT2D eigenvalue weighted by atomic mass is 16.3. The summed E-state index contributed by atoms with van der Waals surface area (Å²) in [6.07, 6.45) is 4.24. The van der Waals surface area contributed by atoms with E-state index >= 15 is 0 Å². The van der Waals surface area contributed by atoms with Gasteiger partial charge < -0.3 is 15.1 Å². The number of hydrogen-bond donors (Lipinski definition) is 2. The third-order valence-corrected chi connectivity index (χ3v) is 2.70. The van der Waals surface area contributed by atoms with Crippen molar-refractivity contribution in [2.45, 2.75) is 13.0 Å². The Balaban J connectivity index is 2.09. The predicted molar refractivity (Wildman–Crippen MR) is 55.4 cm³/mol. The summed E-state index contributed by atoms with van der Waals surface area (Å²) in [4.78, 5) is 10.4. The van der Waals surface area contributed by atoms with Gasteiger partial charge in [0.25, 0.3) is 0 Å². The maximum absolute atomic E-state index is 9.03. The van der Waals surface area contributed by atoms with Crippen LogP contribution in [0.5, 0.6) is 0 Å². The average molecular weight is 209 g/mol. The maximum Gasteiger partial charge on any atom is 0.147 e. The normalized spacial score (nSPS) is 20.9. The molecule has 1 atom stereocenters. The largest absolute Gasteiger partial charge is 0.396 e. The number of anilines is 1. The monoisotopic (exact) mass is 209 g/mol. The second kappa shape index (κ2) is 4.55. The first-order chi connectivity index (χ1) is 7.33. The smallest absolute Gasteiger partial charge is 0.147 e. The number of hydrogen-bond acceptors (Lipinski definition) is 5. The number of rotatable bonds is 3. The minimum absolute atomic E-state index is 0.0852. The Morgan fingerprint density at radius 3 is 2.93 bits per heavy atom. The van der Waals surface area contributed by atoms with E-state index < -0.39 is 0 Å². The Morgan fingerprint density at radius 2 is 2.27 bits per heavy atom. The number of aromatic nitrogens is 2. The molecule has 0 aromatic carbocycles. The average Bonchev–Trinajstić information content (AvgIpc) is 2.78. The predicted octanol–water partition coefficient (Wildman–Crippen LogP) is -0.213. The van der Waals surface area contributed by atoms with E-state index in [1.165, 1.54) is 0 Å². The van der Waals surface area contributed by atoms with Crippen molar-refractivity contribution in [2.24, 2.45) is 5.92 Å². The summed E-state index contributed by atoms with van der Waals surface area (Å²) in [5.41, 5.74) is 0.583. The van der Waals surface area contributed by atoms with E-state index in [1.807, 2.05) is 0 Å². The number of aliphatic hydroxyl groups is 2. The molecule has 1 saturated heterocycles. The lowest BCUT2D eigenvalue weighted by Crippen LogP contribution is -2.22. The molecule has 5 heteroatoms. The standard InChI is InChI=1S/C10H15N3O2/c14-6-8-1-2-13(5-8)10-4-11-3-9(7-15)12-10/h3-4,8,14-15H,1-2,5-7H2. The summed E-state index contributed by atoms with van der Waals surface area (Å²) in [5, 5.41) is 18.0. The molecule has 1 unspecified atom stereocenters. The zero-order chi connectivity index (χ0) is 10.7. The highest BCUT2D eigenvalue weighted by molar-refractivity contribution is 5.37. The second-order valence-corrected chi connectivity index (χ2v) is 3.81. The molecule has 0 aliphatic carbocycles. The first kappa shape index (κ1) is 10.3. The molecule has 2 N–H and O–H groups in total. The van der Waals surface area contributed by atoms with Gasteiger partial charge >= 0.3 is 0 Å². The van der Waals surface area contributed by atoms with Crippen molar-refractivity contribution in [1.82, 2.24) is 9.97 Å². The molecular formula is C10H15N3O2. The molecule has 0 amide bonds. The Morgan fingerprint density at radius 1 is 1.40 bits per heavy atom. The number of aliphatic hydroxyl groups excluding tert-OH is 2. The molecule has 1 aliphatic rings. The van der Waals surface area contributed by atoms with E-state index in [1.54, 1.807) is 12.4 Å². The molecule has 1 aromatic heterocycles. The van der Waals surface area contributed by atoms with Crippen LogP contribution >= 0.6 is 0 Å². The van der Waals surface area contributed by atoms with Crippen LogP contribution in [0, 0.1) is 5.92 Å². The summed E-state index contributed by atoms with van der Waals surface area (Å²) < 4.78 is 0. The van der Waals surface area contributed by atoms with E-state index in [0.717, 1.165) is 25.3 Å². The second-order valence-electron chi connectivity index (χ2n) is 3.81. The van der Waals surface area contributed by atoms with Gasteiger partial charge in [-0.1, -0.05) is 0 Å². The SMILES string of the molecule is OCc1cncc(N2CCC(CO)C2)n1. The summed E-state index contributed by atoms with van der Waals surface area (Å²) in [7, 11) is 0. The Bertz CT molecular complexity index is 332. The summed E-state index contributed by atoms with van der Waals surface area (Å²) in [6, 6.07) is 0. The van der Waals surface area contributed by atoms with Crippen molar-refractivity contribution in [3.05, 3.63) is 18.1 Å². The van der Waals surface area contributed by atoms with Crippen LogP contribution in [0.2, 0.25) is 0 Å². The van der Waals surface area contributed by atoms with Crippen LogP contribution < -0.4 is 4.90 Å². The van der Waals surface area contributed by atoms with Gasteiger partial charge in [0.1, 0.15) is 5.82 Å². The van der Waals surface area contributed by atoms with Crippen LogP contribution in [0.25, 0.3) is 0 Å². The van der Waals surface area contributed by atoms with Crippen molar-refractivity contribution in [2.75, 3.05) is 24.6 Å². The molecule has 0 spiro atoms. The highest BCUT2D eigenvalue weighted by Crippen LogP contribution is 2.21. The zero-order valence-corrected chi connectivity index (χ0v) is 8.50. The summed E-state index contributed by atoms with van der Waals surface area (Å²) in [5.74, 6) is 1.13. The Labute approximate surface area is 88.4 Å². The van der Waals surface area contributed by atoms with E-state index in [0.29, 0.717) is 11.6 Å². The van der Waals surface area contributed by atoms with E-state index in [9.17, 15) is 0 Å². The fraction of sp³-hybridized carbons (Fsp3) is 0.600. The van der Waals surface area contributed by atoms with E-state index in [-0.39, 0.29) is 13.2 Å². The van der Waals surface area contributed by atoms with Crippen LogP contribution in [-0.2, 0) is 6.61 Å². The van der Waals surface area contributed by atoms with Crippen LogP contribution in [0.1, 0.15) is 12.1 Å². The van der Waals surface area contributed by atoms with Crippen LogP contribution in [0.3, 0.4) is 0 Å². The van der Waals surface area contributed by atoms with Gasteiger partial charge in [-0.05, 0) is 6.42 Å². The topological polar surface area (TPSA) is 69.5 Å². The molecule has 15 heavy (non-hydrogen) atoms. The molecule has 2 rings (SSSR count). The molecule has 5 nitrogen and oxygen atoms in total. The molecule has 2 heterocycles. The van der Waals surface area contributed by atoms with Gasteiger partial charge in [0.2, 0.25) is 0 Å². The van der Waals surface area contributed by atoms with Crippen LogP contribution in [0.4, 0.5) is 5.82 Å². The fourth-order valence-electron chi connectivity index (χ4n) is 1.81. The maximum atomic E-state index is 9.03. The van der Waals surface area contributed by atoms with Gasteiger partial charge in [0.05, 0.1) is 24.7 Å². The van der Waals surface area contributed by atoms with Crippen LogP contribution in [0.15, 0.2) is 12.4 Å². The molecule has 82 valence electrons. The number of nitrogens with zero attached hydrogens (tertiary/aromatic N) is 3. The van der Waals surface area contributed by atoms with Gasteiger partial charge in [-0.2, -0.15) is 0 Å². The van der Waals surface area contributed by atoms with Gasteiger partial charge in [-0.15, -0.1) is 0 Å². The molecule has 0 bridgehead atoms. The third-order valence-electron chi connectivity index (χ3n) is 2.70. The molecule has 1 fully saturated rings. The van der Waals surface area contributed by atoms with E-state index in [4.69, 9.17) is 10.2 Å². The van der Waals surface area contributed by atoms with Crippen molar-refractivity contribution in [1.29, 1.82) is 0 Å². The zero-order valence-electron chi connectivity index (χ0n) is 8.50. The Kier molecular flexibility index (Phi) is 3.13. The molecule has 1 aliphatic heterocycles. The highest BCUT2D eigenvalue weighted by Gasteiger charge is 2.22. The van der Waals surface area contributed by atoms with Crippen molar-refractivity contribution in [3.8, 4) is 0 Å². The Hall–Kier alpha value is -1.20. The van der Waals surface area contributed by atoms with Crippen molar-refractivity contribution in [3.63, 3.8) is 0 Å². The van der Waals surface area contributed by atoms with Gasteiger partial charge in [-0.25, -0.2) is 4.98 Å². The lowest BCUT2D eigenvalue weighted by molar-refractivity contribution is 0.238. The van der Waals surface area contributed by atoms with Gasteiger partial charge in [0, 0.05) is 25.6 Å². The van der Waals surface area contributed by atoms with Crippen molar-refractivity contribution < 1.29 is 10.2 Å². The van der Waals surface area contributed by atoms with Gasteiger partial charge in [0.15, 0.2) is 0 Å². The first-order valence-corrected chi connectivity index (χ1v) is 5.11. The lowest BCUT2D eigenvalue weighted by Gasteiger charge is -2.16. The van der Waals surface area contributed by atoms with Crippen LogP contribution in [-0.4, -0.2) is 39.9 Å². The minimum atomic E-state index is -0.0852. The first-order valence-electron chi connectivity index (χ1n) is 5.11. The molecule has 1 aromatic rings. The summed E-state index contributed by atoms with van der Waals surface area (Å²) >= 11 is 0. The lowest BCUT2D eigenvalue weighted by atomic mass is 10.1. The molecule has 0 saturated carbocycles. The van der Waals surface area contributed by atoms with E-state index in [2.05, 4.69) is 14.9 Å². The molecule has 0 radical (unpaired) electrons.